The molecule has 2 saturated heterocycles. The van der Waals surface area contributed by atoms with Crippen molar-refractivity contribution in [1.29, 1.82) is 0 Å². The van der Waals surface area contributed by atoms with Gasteiger partial charge in [0.05, 0.1) is 10.9 Å². The molecule has 2 aromatic rings. The van der Waals surface area contributed by atoms with Gasteiger partial charge in [-0.25, -0.2) is 0 Å². The van der Waals surface area contributed by atoms with Gasteiger partial charge in [-0.05, 0) is 23.9 Å². The molecule has 0 radical (unpaired) electrons. The van der Waals surface area contributed by atoms with Crippen LogP contribution in [0.25, 0.3) is 0 Å². The van der Waals surface area contributed by atoms with Crippen molar-refractivity contribution in [3.8, 4) is 0 Å². The van der Waals surface area contributed by atoms with E-state index in [9.17, 15) is 9.59 Å². The summed E-state index contributed by atoms with van der Waals surface area (Å²) in [6, 6.07) is 14.0. The number of rotatable bonds is 5. The molecule has 2 fully saturated rings. The number of fused-ring (bicyclic) bond motifs is 1. The van der Waals surface area contributed by atoms with E-state index >= 15 is 0 Å². The molecule has 0 unspecified atom stereocenters. The van der Waals surface area contributed by atoms with Crippen molar-refractivity contribution >= 4 is 23.2 Å². The van der Waals surface area contributed by atoms with E-state index in [0.717, 1.165) is 10.4 Å². The fraction of sp³-hybridized carbons (Fsp3) is 0.429. The minimum atomic E-state index is 0.00490. The number of amides is 2. The van der Waals surface area contributed by atoms with Crippen molar-refractivity contribution in [2.24, 2.45) is 11.8 Å². The molecule has 2 aliphatic rings. The van der Waals surface area contributed by atoms with Crippen LogP contribution in [0, 0.1) is 11.8 Å². The first-order valence-corrected chi connectivity index (χ1v) is 10.3. The average Bonchev–Trinajstić information content (AvgIpc) is 3.41. The summed E-state index contributed by atoms with van der Waals surface area (Å²) in [7, 11) is 0. The average molecular weight is 385 g/mol. The van der Waals surface area contributed by atoms with Gasteiger partial charge in [-0.3, -0.25) is 9.59 Å². The van der Waals surface area contributed by atoms with Crippen molar-refractivity contribution in [2.45, 2.75) is 13.0 Å². The second kappa shape index (κ2) is 7.82. The standard InChI is InChI=1S/C21H24N2O3S/c1-2-26-14-19(24)23-12-16-11-22(21(25)18-9-6-10-27-18)13-17(16)20(23)15-7-4-3-5-8-15/h3-10,16-17,20H,2,11-14H2,1H3/t16-,17-,20-/m0/s1. The summed E-state index contributed by atoms with van der Waals surface area (Å²) in [5, 5.41) is 1.94. The van der Waals surface area contributed by atoms with Gasteiger partial charge in [0.1, 0.15) is 6.61 Å². The summed E-state index contributed by atoms with van der Waals surface area (Å²) in [5.41, 5.74) is 1.14. The molecular formula is C21H24N2O3S. The monoisotopic (exact) mass is 384 g/mol. The van der Waals surface area contributed by atoms with Crippen LogP contribution in [-0.2, 0) is 9.53 Å². The molecule has 0 aliphatic carbocycles. The van der Waals surface area contributed by atoms with Gasteiger partial charge in [-0.15, -0.1) is 11.3 Å². The zero-order valence-electron chi connectivity index (χ0n) is 15.4. The highest BCUT2D eigenvalue weighted by molar-refractivity contribution is 7.12. The lowest BCUT2D eigenvalue weighted by atomic mass is 9.89. The Balaban J connectivity index is 1.56. The first kappa shape index (κ1) is 18.2. The predicted octanol–water partition coefficient (Wildman–Crippen LogP) is 3.06. The SMILES string of the molecule is CCOCC(=O)N1C[C@@H]2CN(C(=O)c3cccs3)C[C@@H]2[C@@H]1c1ccccc1. The van der Waals surface area contributed by atoms with Crippen LogP contribution in [0.4, 0.5) is 0 Å². The number of likely N-dealkylation sites (tertiary alicyclic amines) is 2. The number of thiophene rings is 1. The van der Waals surface area contributed by atoms with Crippen molar-refractivity contribution in [3.05, 3.63) is 58.3 Å². The third-order valence-electron chi connectivity index (χ3n) is 5.57. The van der Waals surface area contributed by atoms with Gasteiger partial charge in [-0.2, -0.15) is 0 Å². The van der Waals surface area contributed by atoms with Crippen LogP contribution in [0.3, 0.4) is 0 Å². The Labute approximate surface area is 163 Å². The van der Waals surface area contributed by atoms with Gasteiger partial charge in [0, 0.05) is 38.1 Å². The Hall–Kier alpha value is -2.18. The molecular weight excluding hydrogens is 360 g/mol. The molecule has 3 heterocycles. The largest absolute Gasteiger partial charge is 0.372 e. The van der Waals surface area contributed by atoms with Crippen molar-refractivity contribution in [3.63, 3.8) is 0 Å². The van der Waals surface area contributed by atoms with Crippen LogP contribution in [0.2, 0.25) is 0 Å². The molecule has 142 valence electrons. The van der Waals surface area contributed by atoms with Gasteiger partial charge in [0.15, 0.2) is 0 Å². The maximum Gasteiger partial charge on any atom is 0.263 e. The summed E-state index contributed by atoms with van der Waals surface area (Å²) in [6.07, 6.45) is 0. The lowest BCUT2D eigenvalue weighted by molar-refractivity contribution is -0.137. The van der Waals surface area contributed by atoms with E-state index in [1.165, 1.54) is 11.3 Å². The van der Waals surface area contributed by atoms with Crippen LogP contribution >= 0.6 is 11.3 Å². The summed E-state index contributed by atoms with van der Waals surface area (Å²) in [6.45, 7) is 4.64. The number of carbonyl (C=O) groups is 2. The Bertz CT molecular complexity index is 793. The number of benzene rings is 1. The van der Waals surface area contributed by atoms with E-state index in [1.54, 1.807) is 0 Å². The van der Waals surface area contributed by atoms with E-state index in [4.69, 9.17) is 4.74 Å². The Morgan fingerprint density at radius 3 is 2.63 bits per heavy atom. The number of hydrogen-bond acceptors (Lipinski definition) is 4. The summed E-state index contributed by atoms with van der Waals surface area (Å²) in [4.78, 5) is 30.2. The Morgan fingerprint density at radius 2 is 1.93 bits per heavy atom. The molecule has 4 rings (SSSR count). The number of hydrogen-bond donors (Lipinski definition) is 0. The molecule has 0 N–H and O–H groups in total. The lowest BCUT2D eigenvalue weighted by Crippen LogP contribution is -2.38. The van der Waals surface area contributed by atoms with Gasteiger partial charge >= 0.3 is 0 Å². The fourth-order valence-electron chi connectivity index (χ4n) is 4.37. The molecule has 0 bridgehead atoms. The topological polar surface area (TPSA) is 49.9 Å². The molecule has 0 saturated carbocycles. The minimum Gasteiger partial charge on any atom is -0.372 e. The van der Waals surface area contributed by atoms with Crippen LogP contribution in [-0.4, -0.2) is 54.5 Å². The smallest absolute Gasteiger partial charge is 0.263 e. The summed E-state index contributed by atoms with van der Waals surface area (Å²) >= 11 is 1.49. The quantitative estimate of drug-likeness (QED) is 0.796. The lowest BCUT2D eigenvalue weighted by Gasteiger charge is -2.30. The molecule has 27 heavy (non-hydrogen) atoms. The van der Waals surface area contributed by atoms with E-state index in [0.29, 0.717) is 32.2 Å². The third-order valence-corrected chi connectivity index (χ3v) is 6.43. The molecule has 2 amide bonds. The third kappa shape index (κ3) is 3.51. The molecule has 5 nitrogen and oxygen atoms in total. The maximum atomic E-state index is 12.8. The first-order valence-electron chi connectivity index (χ1n) is 9.44. The molecule has 2 aliphatic heterocycles. The maximum absolute atomic E-state index is 12.8. The second-order valence-corrected chi connectivity index (χ2v) is 8.10. The van der Waals surface area contributed by atoms with Gasteiger partial charge in [-0.1, -0.05) is 36.4 Å². The van der Waals surface area contributed by atoms with E-state index in [1.807, 2.05) is 52.4 Å². The number of carbonyl (C=O) groups excluding carboxylic acids is 2. The summed E-state index contributed by atoms with van der Waals surface area (Å²) < 4.78 is 5.37. The highest BCUT2D eigenvalue weighted by Crippen LogP contribution is 2.45. The normalized spacial score (nSPS) is 24.3. The van der Waals surface area contributed by atoms with Crippen LogP contribution in [0.15, 0.2) is 47.8 Å². The Morgan fingerprint density at radius 1 is 1.11 bits per heavy atom. The van der Waals surface area contributed by atoms with E-state index in [-0.39, 0.29) is 30.4 Å². The first-order chi connectivity index (χ1) is 13.2. The van der Waals surface area contributed by atoms with E-state index in [2.05, 4.69) is 12.1 Å². The minimum absolute atomic E-state index is 0.00490. The number of ether oxygens (including phenoxy) is 1. The zero-order valence-corrected chi connectivity index (χ0v) is 16.2. The summed E-state index contributed by atoms with van der Waals surface area (Å²) in [5.74, 6) is 0.723. The highest BCUT2D eigenvalue weighted by atomic mass is 32.1. The zero-order chi connectivity index (χ0) is 18.8. The van der Waals surface area contributed by atoms with Gasteiger partial charge in [0.25, 0.3) is 5.91 Å². The molecule has 6 heteroatoms. The second-order valence-electron chi connectivity index (χ2n) is 7.15. The van der Waals surface area contributed by atoms with Crippen LogP contribution in [0.5, 0.6) is 0 Å². The Kier molecular flexibility index (Phi) is 5.27. The fourth-order valence-corrected chi connectivity index (χ4v) is 5.06. The molecule has 0 spiro atoms. The molecule has 3 atom stereocenters. The van der Waals surface area contributed by atoms with Crippen molar-refractivity contribution in [2.75, 3.05) is 32.8 Å². The predicted molar refractivity (Wildman–Crippen MR) is 105 cm³/mol. The van der Waals surface area contributed by atoms with Crippen LogP contribution in [0.1, 0.15) is 28.2 Å². The van der Waals surface area contributed by atoms with Crippen molar-refractivity contribution < 1.29 is 14.3 Å². The molecule has 1 aromatic carbocycles. The van der Waals surface area contributed by atoms with Gasteiger partial charge in [0.2, 0.25) is 5.91 Å². The van der Waals surface area contributed by atoms with Gasteiger partial charge < -0.3 is 14.5 Å². The highest BCUT2D eigenvalue weighted by Gasteiger charge is 2.50. The van der Waals surface area contributed by atoms with Crippen LogP contribution < -0.4 is 0 Å². The van der Waals surface area contributed by atoms with Crippen molar-refractivity contribution in [1.82, 2.24) is 9.80 Å². The van der Waals surface area contributed by atoms with E-state index < -0.39 is 0 Å². The number of nitrogens with zero attached hydrogens (tertiary/aromatic N) is 2. The molecule has 1 aromatic heterocycles.